The van der Waals surface area contributed by atoms with Gasteiger partial charge in [-0.05, 0) is 281 Å². The highest BCUT2D eigenvalue weighted by atomic mass is 32.1. The van der Waals surface area contributed by atoms with Crippen molar-refractivity contribution in [2.75, 3.05) is 60.5 Å². The van der Waals surface area contributed by atoms with Crippen LogP contribution in [0.2, 0.25) is 0 Å². The molecule has 14 heterocycles. The average Bonchev–Trinajstić information content (AvgIpc) is 1.61. The number of hydrogen-bond donors (Lipinski definition) is 12. The molecule has 1 saturated carbocycles. The molecule has 142 heavy (non-hydrogen) atoms. The first kappa shape index (κ1) is 110. The number of carbonyl (C=O) groups is 8. The minimum absolute atomic E-state index is 0.00456. The van der Waals surface area contributed by atoms with E-state index >= 15 is 0 Å². The summed E-state index contributed by atoms with van der Waals surface area (Å²) in [5.41, 5.74) is 2.24. The third kappa shape index (κ3) is 27.8. The molecular weight excluding hydrogens is 1900 g/mol. The molecule has 6 aliphatic heterocycles. The molecule has 1 aliphatic carbocycles. The van der Waals surface area contributed by atoms with Gasteiger partial charge in [-0.3, -0.25) is 38.4 Å². The Morgan fingerprint density at radius 3 is 0.887 bits per heavy atom. The van der Waals surface area contributed by atoms with Crippen LogP contribution in [0.15, 0.2) is 49.1 Å². The second-order valence-electron chi connectivity index (χ2n) is 43.6. The highest BCUT2D eigenvalue weighted by Crippen LogP contribution is 2.48. The van der Waals surface area contributed by atoms with E-state index in [1.807, 2.05) is 68.7 Å². The maximum Gasteiger partial charge on any atom is 0.280 e. The molecule has 0 spiro atoms. The summed E-state index contributed by atoms with van der Waals surface area (Å²) < 4.78 is 56.1. The summed E-state index contributed by atoms with van der Waals surface area (Å²) in [6.45, 7) is 43.4. The third-order valence-corrected chi connectivity index (χ3v) is 31.3. The lowest BCUT2D eigenvalue weighted by molar-refractivity contribution is 0.0115. The second kappa shape index (κ2) is 43.5. The molecule has 12 N–H and O–H groups in total. The van der Waals surface area contributed by atoms with E-state index in [0.717, 1.165) is 148 Å². The van der Waals surface area contributed by atoms with E-state index in [0.29, 0.717) is 59.6 Å². The van der Waals surface area contributed by atoms with E-state index < -0.39 is 102 Å². The average molecular weight is 2040 g/mol. The Bertz CT molecular complexity index is 5930. The Morgan fingerprint density at radius 2 is 0.655 bits per heavy atom. The van der Waals surface area contributed by atoms with Gasteiger partial charge in [-0.15, -0.1) is 45.3 Å². The quantitative estimate of drug-likeness (QED) is 0.0174. The highest BCUT2D eigenvalue weighted by molar-refractivity contribution is 7.18. The summed E-state index contributed by atoms with van der Waals surface area (Å²) in [4.78, 5) is 150. The Morgan fingerprint density at radius 1 is 0.401 bits per heavy atom. The molecule has 7 fully saturated rings. The molecule has 8 aromatic heterocycles. The van der Waals surface area contributed by atoms with Gasteiger partial charge in [0.1, 0.15) is 46.0 Å². The van der Waals surface area contributed by atoms with Crippen LogP contribution in [0.25, 0.3) is 41.8 Å². The number of pyridine rings is 4. The topological polar surface area (TPSA) is 430 Å². The van der Waals surface area contributed by atoms with Gasteiger partial charge < -0.3 is 82.6 Å². The number of aryl methyl sites for hydroxylation is 4. The lowest BCUT2D eigenvalue weighted by atomic mass is 9.98. The maximum atomic E-state index is 14.0. The van der Waals surface area contributed by atoms with Gasteiger partial charge in [0, 0.05) is 145 Å². The lowest BCUT2D eigenvalue weighted by Crippen LogP contribution is -2.38. The number of nitrogens with one attached hydrogen (secondary N) is 8. The van der Waals surface area contributed by atoms with E-state index in [-0.39, 0.29) is 122 Å². The van der Waals surface area contributed by atoms with Crippen LogP contribution in [0.4, 0.5) is 40.8 Å². The fourth-order valence-electron chi connectivity index (χ4n) is 18.0. The van der Waals surface area contributed by atoms with E-state index in [9.17, 15) is 76.3 Å². The normalized spacial score (nSPS) is 19.4. The molecule has 3 atom stereocenters. The Labute approximate surface area is 845 Å². The van der Waals surface area contributed by atoms with Crippen molar-refractivity contribution in [3.63, 3.8) is 0 Å². The van der Waals surface area contributed by atoms with Gasteiger partial charge in [0.25, 0.3) is 59.1 Å². The van der Waals surface area contributed by atoms with Crippen molar-refractivity contribution in [1.29, 1.82) is 0 Å². The fourth-order valence-corrected chi connectivity index (χ4v) is 22.2. The number of aliphatic hydroxyl groups is 4. The van der Waals surface area contributed by atoms with Crippen molar-refractivity contribution in [1.82, 2.24) is 80.7 Å². The van der Waals surface area contributed by atoms with Crippen LogP contribution in [0.3, 0.4) is 0 Å². The summed E-state index contributed by atoms with van der Waals surface area (Å²) in [6, 6.07) is 7.62. The number of hydrogen-bond acceptors (Lipinski definition) is 28. The number of thiazole rings is 4. The van der Waals surface area contributed by atoms with Gasteiger partial charge in [0.2, 0.25) is 0 Å². The number of aromatic nitrogens is 8. The van der Waals surface area contributed by atoms with Crippen molar-refractivity contribution in [2.45, 2.75) is 356 Å². The fraction of sp³-hybridized carbons (Fsp3) is 0.608. The Hall–Kier alpha value is -10.4. The number of carbonyl (C=O) groups excluding carboxylic acids is 8. The predicted octanol–water partition coefficient (Wildman–Crippen LogP) is 17.3. The van der Waals surface area contributed by atoms with Crippen LogP contribution in [-0.2, 0) is 0 Å². The van der Waals surface area contributed by atoms with Crippen molar-refractivity contribution >= 4 is 116 Å². The number of alkyl halides is 4. The molecule has 6 saturated heterocycles. The van der Waals surface area contributed by atoms with E-state index in [2.05, 4.69) is 145 Å². The van der Waals surface area contributed by atoms with Crippen LogP contribution in [0.5, 0.6) is 0 Å². The van der Waals surface area contributed by atoms with E-state index in [4.69, 9.17) is 0 Å². The number of rotatable bonds is 32. The maximum absolute atomic E-state index is 14.0. The van der Waals surface area contributed by atoms with Gasteiger partial charge in [-0.25, -0.2) is 57.4 Å². The highest BCUT2D eigenvalue weighted by Gasteiger charge is 2.51. The zero-order chi connectivity index (χ0) is 105. The molecule has 0 radical (unpaired) electrons. The molecule has 15 rings (SSSR count). The molecule has 0 unspecified atom stereocenters. The molecule has 32 nitrogen and oxygen atoms in total. The SMILES string of the molecule is CCC(C)(C)Nc1cc(C)c(-c2sc(C(=O)NCC(C)(C)O)nc2C(=O)N2C3CCC2CC3)cn1.CCC(C)(C)Nc1cc(C)c(-c2sc(C(=O)NCC(C)(C)O)nc2C(=O)N2CC(F)(F)C[C@@H]2C)cn1.CC[C@@H](C)Nc1cc(C)c(-c2sc(C(=O)NCC(C)(C)O)nc2C(=O)N2CC(F)(F)C[C@@H]2C)cn1.Cc1cc(NC(C)(C)C2CC2)ncc1-c1sc(C(=O)NCC(C)(C)O)nc1C(=O)N1C2CCC1CC2. The molecule has 8 amide bonds. The number of anilines is 4. The molecule has 774 valence electrons. The summed E-state index contributed by atoms with van der Waals surface area (Å²) >= 11 is 4.42. The number of fused-ring (bicyclic) bond motifs is 4. The summed E-state index contributed by atoms with van der Waals surface area (Å²) in [5.74, 6) is -5.76. The molecule has 0 aromatic carbocycles. The smallest absolute Gasteiger partial charge is 0.280 e. The zero-order valence-electron chi connectivity index (χ0n) is 86.2. The standard InChI is InChI=1S/C27H37N5O3S.C26H37N5O3S.C25H35F2N5O3S.C24H33F2N5O3S/c1-15-12-20(31-27(4,5)16-6-7-16)28-13-19(15)22-21(25(34)32-17-8-9-18(32)11-10-17)30-24(36-22)23(33)29-14-26(2,3)35;1-7-25(3,4)30-19-12-15(2)18(13-27-19)21-20(24(33)31-16-8-9-17(31)11-10-16)29-23(35-21)22(32)28-14-26(5,6)34;1-8-23(4,5)31-17-9-14(2)16(11-28-17)19-18(22(34)32-13-25(26,27)10-15(32)3)30-21(36-19)20(33)29-12-24(6,7)35;1-7-14(3)29-17-8-13(2)16(10-27-17)19-18(22(33)31-12-24(25,26)9-15(31)4)30-21(35-19)20(32)28-11-23(5,6)34/h12-13,16-18,35H,6-11,14H2,1-5H3,(H,28,31)(H,29,33);12-13,16-17,34H,7-11,14H2,1-6H3,(H,27,30)(H,28,32);9,11,15,35H,8,10,12-13H2,1-7H3,(H,28,31)(H,29,33);8,10,14-15,34H,7,9,11-12H2,1-6H3,(H,27,29)(H,28,32)/t;;15-;14-,15+/m..01/s1. The van der Waals surface area contributed by atoms with Crippen LogP contribution >= 0.6 is 45.3 Å². The zero-order valence-corrected chi connectivity index (χ0v) is 89.4. The van der Waals surface area contributed by atoms with E-state index in [1.165, 1.54) is 35.5 Å². The monoisotopic (exact) mass is 2040 g/mol. The molecule has 7 aliphatic rings. The second-order valence-corrected chi connectivity index (χ2v) is 47.6. The lowest BCUT2D eigenvalue weighted by Gasteiger charge is -2.27. The van der Waals surface area contributed by atoms with Gasteiger partial charge in [0.15, 0.2) is 20.0 Å². The number of halogens is 4. The number of amides is 8. The minimum Gasteiger partial charge on any atom is -0.389 e. The Kier molecular flexibility index (Phi) is 33.8. The van der Waals surface area contributed by atoms with Gasteiger partial charge in [-0.2, -0.15) is 0 Å². The molecule has 8 aromatic rings. The van der Waals surface area contributed by atoms with Crippen LogP contribution in [0, 0.1) is 33.6 Å². The third-order valence-electron chi connectivity index (χ3n) is 27.0. The minimum atomic E-state index is -2.98. The summed E-state index contributed by atoms with van der Waals surface area (Å²) in [6.07, 6.45) is 19.4. The first-order valence-electron chi connectivity index (χ1n) is 49.1. The number of likely N-dealkylation sites (tertiary alicyclic amines) is 2. The van der Waals surface area contributed by atoms with Gasteiger partial charge in [0.05, 0.1) is 55.0 Å². The summed E-state index contributed by atoms with van der Waals surface area (Å²) in [5, 5.41) is 64.7. The van der Waals surface area contributed by atoms with Gasteiger partial charge in [-0.1, -0.05) is 20.8 Å². The first-order valence-corrected chi connectivity index (χ1v) is 52.4. The molecular formula is C102H142F4N20O12S4. The van der Waals surface area contributed by atoms with Crippen molar-refractivity contribution in [3.05, 3.63) is 114 Å². The van der Waals surface area contributed by atoms with Crippen LogP contribution in [0.1, 0.15) is 338 Å². The largest absolute Gasteiger partial charge is 0.389 e. The Balaban J connectivity index is 0.000000169. The van der Waals surface area contributed by atoms with Crippen molar-refractivity contribution in [2.24, 2.45) is 5.92 Å². The first-order chi connectivity index (χ1) is 66.0. The van der Waals surface area contributed by atoms with Gasteiger partial charge >= 0.3 is 0 Å². The van der Waals surface area contributed by atoms with E-state index in [1.54, 1.807) is 94.0 Å². The van der Waals surface area contributed by atoms with Crippen LogP contribution in [-0.4, -0.2) is 260 Å². The van der Waals surface area contributed by atoms with Crippen molar-refractivity contribution < 1.29 is 76.3 Å². The predicted molar refractivity (Wildman–Crippen MR) is 549 cm³/mol. The van der Waals surface area contributed by atoms with Crippen LogP contribution < -0.4 is 42.5 Å². The summed E-state index contributed by atoms with van der Waals surface area (Å²) in [7, 11) is 0. The van der Waals surface area contributed by atoms with Crippen molar-refractivity contribution in [3.8, 4) is 41.8 Å². The molecule has 4 bridgehead atoms. The molecule has 40 heteroatoms. The number of nitrogens with zero attached hydrogens (tertiary/aromatic N) is 12.